The third-order valence-electron chi connectivity index (χ3n) is 2.14. The van der Waals surface area contributed by atoms with Gasteiger partial charge < -0.3 is 4.74 Å². The zero-order valence-electron chi connectivity index (χ0n) is 10.4. The number of unbranched alkanes of at least 4 members (excludes halogenated alkanes) is 2. The van der Waals surface area contributed by atoms with Crippen LogP contribution in [0.5, 0.6) is 0 Å². The average molecular weight is 257 g/mol. The summed E-state index contributed by atoms with van der Waals surface area (Å²) in [4.78, 5) is 11.3. The number of hydrogen-bond donors (Lipinski definition) is 1. The number of anilines is 1. The van der Waals surface area contributed by atoms with Gasteiger partial charge in [0.05, 0.1) is 0 Å². The molecule has 0 atom stereocenters. The van der Waals surface area contributed by atoms with E-state index in [9.17, 15) is 4.79 Å². The van der Waals surface area contributed by atoms with Crippen molar-refractivity contribution in [3.8, 4) is 0 Å². The van der Waals surface area contributed by atoms with E-state index < -0.39 is 0 Å². The molecule has 96 valence electrons. The van der Waals surface area contributed by atoms with Gasteiger partial charge in [-0.15, -0.1) is 10.2 Å². The van der Waals surface area contributed by atoms with Gasteiger partial charge in [0.15, 0.2) is 0 Å². The topological polar surface area (TPSA) is 64.1 Å². The largest absolute Gasteiger partial charge is 0.372 e. The molecule has 1 aromatic rings. The molecule has 17 heavy (non-hydrogen) atoms. The maximum absolute atomic E-state index is 11.3. The second-order valence-electron chi connectivity index (χ2n) is 3.64. The third-order valence-corrected chi connectivity index (χ3v) is 3.04. The number of carbonyl (C=O) groups excluding carboxylic acids is 1. The number of ether oxygens (including phenoxy) is 1. The zero-order chi connectivity index (χ0) is 12.5. The van der Waals surface area contributed by atoms with Crippen LogP contribution < -0.4 is 5.32 Å². The van der Waals surface area contributed by atoms with E-state index in [4.69, 9.17) is 4.74 Å². The second-order valence-corrected chi connectivity index (χ2v) is 4.71. The van der Waals surface area contributed by atoms with Crippen molar-refractivity contribution >= 4 is 22.4 Å². The Kier molecular flexibility index (Phi) is 6.73. The van der Waals surface area contributed by atoms with Gasteiger partial charge in [-0.25, -0.2) is 0 Å². The van der Waals surface area contributed by atoms with Crippen LogP contribution in [-0.4, -0.2) is 29.3 Å². The first-order valence-electron chi connectivity index (χ1n) is 5.96. The Bertz CT molecular complexity index is 341. The fourth-order valence-electron chi connectivity index (χ4n) is 1.28. The lowest BCUT2D eigenvalue weighted by molar-refractivity contribution is -0.120. The summed E-state index contributed by atoms with van der Waals surface area (Å²) in [7, 11) is 0. The highest BCUT2D eigenvalue weighted by atomic mass is 32.1. The van der Waals surface area contributed by atoms with Gasteiger partial charge in [0.2, 0.25) is 5.13 Å². The summed E-state index contributed by atoms with van der Waals surface area (Å²) in [6, 6.07) is 0. The van der Waals surface area contributed by atoms with Crippen molar-refractivity contribution in [3.05, 3.63) is 5.01 Å². The molecule has 0 aliphatic heterocycles. The van der Waals surface area contributed by atoms with Gasteiger partial charge in [0.25, 0.3) is 5.91 Å². The molecule has 1 aromatic heterocycles. The Hall–Kier alpha value is -1.01. The number of nitrogens with zero attached hydrogens (tertiary/aromatic N) is 2. The number of aryl methyl sites for hydroxylation is 1. The number of amides is 1. The van der Waals surface area contributed by atoms with Gasteiger partial charge in [-0.3, -0.25) is 10.1 Å². The molecule has 0 aliphatic carbocycles. The lowest BCUT2D eigenvalue weighted by atomic mass is 10.2. The molecule has 1 N–H and O–H groups in total. The Morgan fingerprint density at radius 1 is 1.35 bits per heavy atom. The molecule has 1 rings (SSSR count). The highest BCUT2D eigenvalue weighted by molar-refractivity contribution is 7.15. The first-order chi connectivity index (χ1) is 8.26. The van der Waals surface area contributed by atoms with E-state index in [-0.39, 0.29) is 12.5 Å². The predicted octanol–water partition coefficient (Wildman–Crippen LogP) is 2.25. The van der Waals surface area contributed by atoms with Gasteiger partial charge in [0.1, 0.15) is 11.6 Å². The van der Waals surface area contributed by atoms with Crippen LogP contribution in [-0.2, 0) is 16.0 Å². The second kappa shape index (κ2) is 8.14. The molecule has 0 bridgehead atoms. The number of nitrogens with one attached hydrogen (secondary N) is 1. The Balaban J connectivity index is 2.32. The standard InChI is InChI=1S/C11H19N3O2S/c1-3-5-6-7-10-13-14-11(17-10)12-9(15)8-16-4-2/h3-8H2,1-2H3,(H,12,14,15). The highest BCUT2D eigenvalue weighted by Crippen LogP contribution is 2.17. The van der Waals surface area contributed by atoms with E-state index in [0.29, 0.717) is 11.7 Å². The highest BCUT2D eigenvalue weighted by Gasteiger charge is 2.07. The summed E-state index contributed by atoms with van der Waals surface area (Å²) in [6.45, 7) is 4.62. The van der Waals surface area contributed by atoms with Gasteiger partial charge in [0, 0.05) is 13.0 Å². The molecule has 1 amide bonds. The van der Waals surface area contributed by atoms with E-state index in [0.717, 1.165) is 17.8 Å². The lowest BCUT2D eigenvalue weighted by Gasteiger charge is -1.99. The zero-order valence-corrected chi connectivity index (χ0v) is 11.2. The van der Waals surface area contributed by atoms with E-state index in [2.05, 4.69) is 22.4 Å². The predicted molar refractivity (Wildman–Crippen MR) is 68.3 cm³/mol. The molecule has 0 radical (unpaired) electrons. The molecule has 6 heteroatoms. The summed E-state index contributed by atoms with van der Waals surface area (Å²) in [5.74, 6) is -0.178. The quantitative estimate of drug-likeness (QED) is 0.725. The first kappa shape index (κ1) is 14.1. The molecule has 0 aromatic carbocycles. The smallest absolute Gasteiger partial charge is 0.252 e. The summed E-state index contributed by atoms with van der Waals surface area (Å²) >= 11 is 1.44. The SMILES string of the molecule is CCCCCc1nnc(NC(=O)COCC)s1. The molecule has 0 spiro atoms. The van der Waals surface area contributed by atoms with Crippen LogP contribution in [0.3, 0.4) is 0 Å². The normalized spacial score (nSPS) is 10.5. The summed E-state index contributed by atoms with van der Waals surface area (Å²) in [5, 5.41) is 12.2. The third kappa shape index (κ3) is 5.74. The van der Waals surface area contributed by atoms with Crippen LogP contribution >= 0.6 is 11.3 Å². The Morgan fingerprint density at radius 3 is 2.88 bits per heavy atom. The average Bonchev–Trinajstić information content (AvgIpc) is 2.74. The summed E-state index contributed by atoms with van der Waals surface area (Å²) < 4.78 is 5.00. The van der Waals surface area contributed by atoms with Gasteiger partial charge in [-0.1, -0.05) is 31.1 Å². The molecule has 1 heterocycles. The van der Waals surface area contributed by atoms with Crippen molar-refractivity contribution < 1.29 is 9.53 Å². The van der Waals surface area contributed by atoms with Crippen LogP contribution in [0.25, 0.3) is 0 Å². The Morgan fingerprint density at radius 2 is 2.18 bits per heavy atom. The van der Waals surface area contributed by atoms with Crippen molar-refractivity contribution in [3.63, 3.8) is 0 Å². The molecular formula is C11H19N3O2S. The summed E-state index contributed by atoms with van der Waals surface area (Å²) in [6.07, 6.45) is 4.45. The number of aromatic nitrogens is 2. The van der Waals surface area contributed by atoms with Crippen LogP contribution in [0.15, 0.2) is 0 Å². The minimum atomic E-state index is -0.178. The fraction of sp³-hybridized carbons (Fsp3) is 0.727. The molecule has 0 unspecified atom stereocenters. The van der Waals surface area contributed by atoms with E-state index in [1.165, 1.54) is 24.2 Å². The monoisotopic (exact) mass is 257 g/mol. The van der Waals surface area contributed by atoms with Crippen LogP contribution in [0.4, 0.5) is 5.13 Å². The van der Waals surface area contributed by atoms with E-state index in [1.807, 2.05) is 6.92 Å². The number of rotatable bonds is 8. The number of carbonyl (C=O) groups is 1. The molecular weight excluding hydrogens is 238 g/mol. The molecule has 0 fully saturated rings. The Labute approximate surface area is 106 Å². The fourth-order valence-corrected chi connectivity index (χ4v) is 2.08. The molecule has 5 nitrogen and oxygen atoms in total. The van der Waals surface area contributed by atoms with Crippen molar-refractivity contribution in [1.29, 1.82) is 0 Å². The van der Waals surface area contributed by atoms with Crippen molar-refractivity contribution in [2.75, 3.05) is 18.5 Å². The van der Waals surface area contributed by atoms with Crippen LogP contribution in [0.2, 0.25) is 0 Å². The summed E-state index contributed by atoms with van der Waals surface area (Å²) in [5.41, 5.74) is 0. The molecule has 0 saturated carbocycles. The molecule has 0 saturated heterocycles. The minimum Gasteiger partial charge on any atom is -0.372 e. The number of hydrogen-bond acceptors (Lipinski definition) is 5. The van der Waals surface area contributed by atoms with Gasteiger partial charge in [-0.05, 0) is 13.3 Å². The van der Waals surface area contributed by atoms with Crippen LogP contribution in [0, 0.1) is 0 Å². The maximum atomic E-state index is 11.3. The minimum absolute atomic E-state index is 0.0707. The van der Waals surface area contributed by atoms with E-state index in [1.54, 1.807) is 0 Å². The van der Waals surface area contributed by atoms with Gasteiger partial charge >= 0.3 is 0 Å². The van der Waals surface area contributed by atoms with Crippen molar-refractivity contribution in [2.45, 2.75) is 39.5 Å². The molecule has 0 aliphatic rings. The first-order valence-corrected chi connectivity index (χ1v) is 6.77. The van der Waals surface area contributed by atoms with Gasteiger partial charge in [-0.2, -0.15) is 0 Å². The lowest BCUT2D eigenvalue weighted by Crippen LogP contribution is -2.17. The maximum Gasteiger partial charge on any atom is 0.252 e. The van der Waals surface area contributed by atoms with Crippen molar-refractivity contribution in [1.82, 2.24) is 10.2 Å². The van der Waals surface area contributed by atoms with Crippen molar-refractivity contribution in [2.24, 2.45) is 0 Å². The van der Waals surface area contributed by atoms with E-state index >= 15 is 0 Å². The van der Waals surface area contributed by atoms with Crippen LogP contribution in [0.1, 0.15) is 38.1 Å².